The maximum atomic E-state index is 12.0. The van der Waals surface area contributed by atoms with E-state index < -0.39 is 10.0 Å². The lowest BCUT2D eigenvalue weighted by molar-refractivity contribution is 0.221. The van der Waals surface area contributed by atoms with E-state index >= 15 is 0 Å². The Balaban J connectivity index is 1.82. The zero-order valence-electron chi connectivity index (χ0n) is 14.5. The Morgan fingerprint density at radius 3 is 2.25 bits per heavy atom. The molecule has 0 radical (unpaired) electrons. The van der Waals surface area contributed by atoms with Crippen molar-refractivity contribution in [2.45, 2.75) is 18.4 Å². The second kappa shape index (κ2) is 7.83. The molecule has 0 aliphatic rings. The lowest BCUT2D eigenvalue weighted by atomic mass is 10.3. The molecule has 0 unspecified atom stereocenters. The predicted octanol–water partition coefficient (Wildman–Crippen LogP) is 2.35. The molecule has 0 saturated heterocycles. The van der Waals surface area contributed by atoms with Crippen LogP contribution in [0.1, 0.15) is 11.5 Å². The fourth-order valence-electron chi connectivity index (χ4n) is 2.15. The van der Waals surface area contributed by atoms with Gasteiger partial charge in [0.1, 0.15) is 23.9 Å². The maximum absolute atomic E-state index is 12.0. The van der Waals surface area contributed by atoms with Crippen molar-refractivity contribution < 1.29 is 17.6 Å². The first-order valence-corrected chi connectivity index (χ1v) is 9.12. The van der Waals surface area contributed by atoms with Gasteiger partial charge in [0, 0.05) is 20.6 Å². The zero-order valence-corrected chi connectivity index (χ0v) is 15.3. The Morgan fingerprint density at radius 2 is 1.71 bits per heavy atom. The molecule has 0 amide bonds. The van der Waals surface area contributed by atoms with Crippen LogP contribution >= 0.6 is 0 Å². The van der Waals surface area contributed by atoms with Crippen molar-refractivity contribution in [3.8, 4) is 5.75 Å². The largest absolute Gasteiger partial charge is 0.492 e. The number of rotatable bonds is 8. The average molecular weight is 352 g/mol. The highest BCUT2D eigenvalue weighted by Gasteiger charge is 2.16. The Hall–Kier alpha value is -1.83. The summed E-state index contributed by atoms with van der Waals surface area (Å²) in [6, 6.07) is 10.4. The van der Waals surface area contributed by atoms with E-state index in [1.54, 1.807) is 24.3 Å². The van der Waals surface area contributed by atoms with Gasteiger partial charge in [0.2, 0.25) is 10.0 Å². The summed E-state index contributed by atoms with van der Waals surface area (Å²) in [5.41, 5.74) is 0. The molecule has 0 saturated carbocycles. The van der Waals surface area contributed by atoms with Crippen LogP contribution < -0.4 is 4.74 Å². The zero-order chi connectivity index (χ0) is 17.7. The van der Waals surface area contributed by atoms with E-state index in [-0.39, 0.29) is 4.90 Å². The Bertz CT molecular complexity index is 751. The van der Waals surface area contributed by atoms with Gasteiger partial charge in [-0.25, -0.2) is 12.7 Å². The lowest BCUT2D eigenvalue weighted by Crippen LogP contribution is -2.23. The SMILES string of the molecule is Cc1ccc(CN(C)CCOc2ccc(S(=O)(=O)N(C)C)cc2)o1. The highest BCUT2D eigenvalue weighted by atomic mass is 32.2. The fourth-order valence-corrected chi connectivity index (χ4v) is 3.05. The molecule has 0 N–H and O–H groups in total. The van der Waals surface area contributed by atoms with Gasteiger partial charge in [-0.05, 0) is 50.4 Å². The number of hydrogen-bond acceptors (Lipinski definition) is 5. The first-order valence-electron chi connectivity index (χ1n) is 7.68. The summed E-state index contributed by atoms with van der Waals surface area (Å²) in [6.45, 7) is 3.89. The van der Waals surface area contributed by atoms with Crippen LogP contribution in [0.5, 0.6) is 5.75 Å². The van der Waals surface area contributed by atoms with Crippen molar-refractivity contribution in [1.29, 1.82) is 0 Å². The first-order chi connectivity index (χ1) is 11.3. The summed E-state index contributed by atoms with van der Waals surface area (Å²) < 4.78 is 36.4. The molecule has 0 bridgehead atoms. The third kappa shape index (κ3) is 4.83. The Morgan fingerprint density at radius 1 is 1.04 bits per heavy atom. The molecule has 1 aromatic heterocycles. The van der Waals surface area contributed by atoms with Crippen LogP contribution in [0.4, 0.5) is 0 Å². The quantitative estimate of drug-likeness (QED) is 0.730. The van der Waals surface area contributed by atoms with Crippen molar-refractivity contribution in [3.05, 3.63) is 47.9 Å². The van der Waals surface area contributed by atoms with E-state index in [2.05, 4.69) is 4.90 Å². The lowest BCUT2D eigenvalue weighted by Gasteiger charge is -2.16. The van der Waals surface area contributed by atoms with Gasteiger partial charge in [-0.2, -0.15) is 0 Å². The molecule has 0 spiro atoms. The molecular formula is C17H24N2O4S. The van der Waals surface area contributed by atoms with Gasteiger partial charge in [0.05, 0.1) is 11.4 Å². The number of aryl methyl sites for hydroxylation is 1. The van der Waals surface area contributed by atoms with Crippen molar-refractivity contribution in [2.75, 3.05) is 34.3 Å². The molecular weight excluding hydrogens is 328 g/mol. The van der Waals surface area contributed by atoms with Gasteiger partial charge < -0.3 is 9.15 Å². The van der Waals surface area contributed by atoms with Crippen LogP contribution in [-0.2, 0) is 16.6 Å². The van der Waals surface area contributed by atoms with E-state index in [1.165, 1.54) is 18.4 Å². The van der Waals surface area contributed by atoms with Gasteiger partial charge in [-0.1, -0.05) is 0 Å². The number of ether oxygens (including phenoxy) is 1. The third-order valence-electron chi connectivity index (χ3n) is 3.57. The van der Waals surface area contributed by atoms with Gasteiger partial charge in [-0.3, -0.25) is 4.90 Å². The summed E-state index contributed by atoms with van der Waals surface area (Å²) in [4.78, 5) is 2.36. The van der Waals surface area contributed by atoms with Crippen molar-refractivity contribution in [1.82, 2.24) is 9.21 Å². The maximum Gasteiger partial charge on any atom is 0.242 e. The molecule has 0 atom stereocenters. The smallest absolute Gasteiger partial charge is 0.242 e. The molecule has 2 aromatic rings. The Labute approximate surface area is 143 Å². The third-order valence-corrected chi connectivity index (χ3v) is 5.40. The average Bonchev–Trinajstić information content (AvgIpc) is 2.92. The minimum Gasteiger partial charge on any atom is -0.492 e. The summed E-state index contributed by atoms with van der Waals surface area (Å²) in [7, 11) is 1.61. The highest BCUT2D eigenvalue weighted by Crippen LogP contribution is 2.18. The molecule has 7 heteroatoms. The second-order valence-electron chi connectivity index (χ2n) is 5.86. The molecule has 0 aliphatic carbocycles. The fraction of sp³-hybridized carbons (Fsp3) is 0.412. The minimum absolute atomic E-state index is 0.255. The van der Waals surface area contributed by atoms with Crippen molar-refractivity contribution in [3.63, 3.8) is 0 Å². The number of nitrogens with zero attached hydrogens (tertiary/aromatic N) is 2. The predicted molar refractivity (Wildman–Crippen MR) is 92.6 cm³/mol. The van der Waals surface area contributed by atoms with E-state index in [4.69, 9.17) is 9.15 Å². The number of likely N-dealkylation sites (N-methyl/N-ethyl adjacent to an activating group) is 1. The second-order valence-corrected chi connectivity index (χ2v) is 8.01. The van der Waals surface area contributed by atoms with Crippen molar-refractivity contribution in [2.24, 2.45) is 0 Å². The van der Waals surface area contributed by atoms with Crippen LogP contribution in [0.25, 0.3) is 0 Å². The summed E-state index contributed by atoms with van der Waals surface area (Å²) >= 11 is 0. The van der Waals surface area contributed by atoms with Gasteiger partial charge in [-0.15, -0.1) is 0 Å². The number of sulfonamides is 1. The van der Waals surface area contributed by atoms with E-state index in [1.807, 2.05) is 26.1 Å². The van der Waals surface area contributed by atoms with Crippen LogP contribution in [0.2, 0.25) is 0 Å². The van der Waals surface area contributed by atoms with Crippen LogP contribution in [0.3, 0.4) is 0 Å². The monoisotopic (exact) mass is 352 g/mol. The molecule has 1 heterocycles. The Kier molecular flexibility index (Phi) is 6.04. The standard InChI is InChI=1S/C17H24N2O4S/c1-14-5-6-16(23-14)13-19(4)11-12-22-15-7-9-17(10-8-15)24(20,21)18(2)3/h5-10H,11-13H2,1-4H3. The summed E-state index contributed by atoms with van der Waals surface area (Å²) in [5, 5.41) is 0. The van der Waals surface area contributed by atoms with E-state index in [9.17, 15) is 8.42 Å². The molecule has 24 heavy (non-hydrogen) atoms. The molecule has 2 rings (SSSR count). The number of benzene rings is 1. The molecule has 1 aromatic carbocycles. The molecule has 0 fully saturated rings. The number of hydrogen-bond donors (Lipinski definition) is 0. The summed E-state index contributed by atoms with van der Waals surface area (Å²) in [6.07, 6.45) is 0. The van der Waals surface area contributed by atoms with E-state index in [0.717, 1.165) is 24.6 Å². The number of furan rings is 1. The van der Waals surface area contributed by atoms with Crippen LogP contribution in [0.15, 0.2) is 45.7 Å². The molecule has 0 aliphatic heterocycles. The minimum atomic E-state index is -3.40. The van der Waals surface area contributed by atoms with Crippen LogP contribution in [0, 0.1) is 6.92 Å². The van der Waals surface area contributed by atoms with Crippen molar-refractivity contribution >= 4 is 10.0 Å². The topological polar surface area (TPSA) is 63.0 Å². The van der Waals surface area contributed by atoms with Crippen LogP contribution in [-0.4, -0.2) is 51.9 Å². The van der Waals surface area contributed by atoms with E-state index in [0.29, 0.717) is 12.4 Å². The van der Waals surface area contributed by atoms with Gasteiger partial charge >= 0.3 is 0 Å². The first kappa shape index (κ1) is 18.5. The van der Waals surface area contributed by atoms with Gasteiger partial charge in [0.15, 0.2) is 0 Å². The molecule has 6 nitrogen and oxygen atoms in total. The summed E-state index contributed by atoms with van der Waals surface area (Å²) in [5.74, 6) is 2.48. The molecule has 132 valence electrons. The van der Waals surface area contributed by atoms with Gasteiger partial charge in [0.25, 0.3) is 0 Å². The normalized spacial score (nSPS) is 12.1. The highest BCUT2D eigenvalue weighted by molar-refractivity contribution is 7.89.